The number of hydrogen-bond donors (Lipinski definition) is 0. The molecule has 4 nitrogen and oxygen atoms in total. The van der Waals surface area contributed by atoms with Crippen LogP contribution in [0.5, 0.6) is 0 Å². The van der Waals surface area contributed by atoms with Gasteiger partial charge >= 0.3 is 7.28 Å². The molecule has 2 heterocycles. The van der Waals surface area contributed by atoms with Gasteiger partial charge < -0.3 is 9.47 Å². The predicted octanol–water partition coefficient (Wildman–Crippen LogP) is -0.0245. The van der Waals surface area contributed by atoms with E-state index in [4.69, 9.17) is 9.47 Å². The molecule has 0 aromatic carbocycles. The zero-order valence-electron chi connectivity index (χ0n) is 7.66. The minimum atomic E-state index is 0.639. The minimum Gasteiger partial charge on any atom is -0.490 e. The van der Waals surface area contributed by atoms with Crippen LogP contribution in [0.1, 0.15) is 12.8 Å². The summed E-state index contributed by atoms with van der Waals surface area (Å²) in [4.78, 5) is 8.51. The topological polar surface area (TPSA) is 43.2 Å². The second-order valence-corrected chi connectivity index (χ2v) is 3.13. The summed E-state index contributed by atoms with van der Waals surface area (Å²) in [5.41, 5.74) is 0. The quantitative estimate of drug-likeness (QED) is 0.560. The zero-order chi connectivity index (χ0) is 8.93. The number of hydrogen-bond acceptors (Lipinski definition) is 4. The Morgan fingerprint density at radius 3 is 1.85 bits per heavy atom. The number of nitrogens with zero attached hydrogens (tertiary/aromatic N) is 2. The molecule has 0 saturated carbocycles. The van der Waals surface area contributed by atoms with Crippen LogP contribution in [0.3, 0.4) is 0 Å². The summed E-state index contributed by atoms with van der Waals surface area (Å²) in [6.45, 7) is 3.32. The van der Waals surface area contributed by atoms with Crippen molar-refractivity contribution in [3.8, 4) is 0 Å². The van der Waals surface area contributed by atoms with Gasteiger partial charge in [-0.2, -0.15) is 0 Å². The maximum absolute atomic E-state index is 5.37. The van der Waals surface area contributed by atoms with Crippen LogP contribution >= 0.6 is 0 Å². The number of rotatable bonds is 2. The monoisotopic (exact) mass is 180 g/mol. The molecule has 5 heteroatoms. The first kappa shape index (κ1) is 8.60. The van der Waals surface area contributed by atoms with Crippen LogP contribution in [-0.2, 0) is 9.47 Å². The molecule has 2 rings (SSSR count). The molecular formula is C8H13BN2O2. The van der Waals surface area contributed by atoms with Gasteiger partial charge in [0.25, 0.3) is 0 Å². The van der Waals surface area contributed by atoms with Gasteiger partial charge in [-0.25, -0.2) is 0 Å². The van der Waals surface area contributed by atoms with E-state index in [-0.39, 0.29) is 0 Å². The molecule has 0 aromatic heterocycles. The van der Waals surface area contributed by atoms with Gasteiger partial charge in [0.1, 0.15) is 11.6 Å². The Balaban J connectivity index is 1.88. The smallest absolute Gasteiger partial charge is 0.331 e. The highest BCUT2D eigenvalue weighted by atomic mass is 16.5. The molecule has 0 amide bonds. The second kappa shape index (κ2) is 4.30. The van der Waals surface area contributed by atoms with Crippen molar-refractivity contribution < 1.29 is 9.47 Å². The summed E-state index contributed by atoms with van der Waals surface area (Å²) in [6, 6.07) is 0. The third-order valence-electron chi connectivity index (χ3n) is 2.02. The highest BCUT2D eigenvalue weighted by Gasteiger charge is 2.15. The van der Waals surface area contributed by atoms with Crippen LogP contribution in [0.4, 0.5) is 0 Å². The molecule has 0 bridgehead atoms. The van der Waals surface area contributed by atoms with Crippen LogP contribution in [0.15, 0.2) is 9.98 Å². The first-order chi connectivity index (χ1) is 6.45. The number of aliphatic imine (C=N–C) groups is 2. The summed E-state index contributed by atoms with van der Waals surface area (Å²) in [6.07, 6.45) is 2.05. The molecule has 0 aliphatic carbocycles. The van der Waals surface area contributed by atoms with Crippen molar-refractivity contribution in [1.29, 1.82) is 0 Å². The van der Waals surface area contributed by atoms with Gasteiger partial charge in [-0.3, -0.25) is 9.98 Å². The standard InChI is InChI=1S/C8H13BN2O2/c1-3-10-7(12-5-1)9-8-11-4-2-6-13-8/h9H,1-6H2. The van der Waals surface area contributed by atoms with Crippen LogP contribution in [-0.4, -0.2) is 45.2 Å². The van der Waals surface area contributed by atoms with E-state index in [1.807, 2.05) is 0 Å². The molecule has 0 N–H and O–H groups in total. The van der Waals surface area contributed by atoms with Crippen LogP contribution in [0, 0.1) is 0 Å². The van der Waals surface area contributed by atoms with Crippen molar-refractivity contribution in [3.05, 3.63) is 0 Å². The Morgan fingerprint density at radius 1 is 0.923 bits per heavy atom. The third-order valence-corrected chi connectivity index (χ3v) is 2.02. The van der Waals surface area contributed by atoms with E-state index in [2.05, 4.69) is 9.98 Å². The summed E-state index contributed by atoms with van der Waals surface area (Å²) in [7, 11) is 0.639. The Labute approximate surface area is 78.3 Å². The lowest BCUT2D eigenvalue weighted by Gasteiger charge is -2.16. The van der Waals surface area contributed by atoms with E-state index in [0.29, 0.717) is 7.28 Å². The van der Waals surface area contributed by atoms with Crippen LogP contribution in [0.2, 0.25) is 0 Å². The maximum Gasteiger partial charge on any atom is 0.331 e. The Kier molecular flexibility index (Phi) is 2.84. The van der Waals surface area contributed by atoms with E-state index in [1.165, 1.54) is 0 Å². The maximum atomic E-state index is 5.37. The second-order valence-electron chi connectivity index (χ2n) is 3.13. The molecule has 0 unspecified atom stereocenters. The van der Waals surface area contributed by atoms with Gasteiger partial charge in [0, 0.05) is 25.9 Å². The van der Waals surface area contributed by atoms with E-state index in [1.54, 1.807) is 0 Å². The average molecular weight is 180 g/mol. The fourth-order valence-electron chi connectivity index (χ4n) is 1.35. The van der Waals surface area contributed by atoms with Crippen molar-refractivity contribution in [1.82, 2.24) is 0 Å². The van der Waals surface area contributed by atoms with Gasteiger partial charge in [0.2, 0.25) is 0 Å². The van der Waals surface area contributed by atoms with Gasteiger partial charge in [-0.05, 0) is 0 Å². The molecule has 0 saturated heterocycles. The highest BCUT2D eigenvalue weighted by Crippen LogP contribution is 2.00. The van der Waals surface area contributed by atoms with E-state index in [9.17, 15) is 0 Å². The molecule has 2 aliphatic heterocycles. The fourth-order valence-corrected chi connectivity index (χ4v) is 1.35. The lowest BCUT2D eigenvalue weighted by atomic mass is 9.77. The molecule has 0 fully saturated rings. The first-order valence-electron chi connectivity index (χ1n) is 4.77. The molecule has 0 atom stereocenters. The summed E-state index contributed by atoms with van der Waals surface area (Å²) >= 11 is 0. The predicted molar refractivity (Wildman–Crippen MR) is 52.9 cm³/mol. The molecule has 2 aliphatic rings. The normalized spacial score (nSPS) is 22.2. The van der Waals surface area contributed by atoms with Crippen LogP contribution in [0.25, 0.3) is 0 Å². The summed E-state index contributed by atoms with van der Waals surface area (Å²) in [5, 5.41) is 0. The average Bonchev–Trinajstić information content (AvgIpc) is 2.21. The SMILES string of the molecule is B(C1=NCCCO1)C1=NCCCO1. The molecule has 0 radical (unpaired) electrons. The van der Waals surface area contributed by atoms with E-state index < -0.39 is 0 Å². The van der Waals surface area contributed by atoms with E-state index >= 15 is 0 Å². The Bertz CT molecular complexity index is 216. The summed E-state index contributed by atoms with van der Waals surface area (Å²) < 4.78 is 10.7. The molecule has 70 valence electrons. The van der Waals surface area contributed by atoms with Gasteiger partial charge in [-0.1, -0.05) is 0 Å². The van der Waals surface area contributed by atoms with Crippen molar-refractivity contribution in [2.45, 2.75) is 12.8 Å². The lowest BCUT2D eigenvalue weighted by molar-refractivity contribution is 0.284. The van der Waals surface area contributed by atoms with Gasteiger partial charge in [0.05, 0.1) is 13.2 Å². The number of ether oxygens (including phenoxy) is 2. The summed E-state index contributed by atoms with van der Waals surface area (Å²) in [5.74, 6) is 1.57. The first-order valence-corrected chi connectivity index (χ1v) is 4.77. The fraction of sp³-hybridized carbons (Fsp3) is 0.750. The highest BCUT2D eigenvalue weighted by molar-refractivity contribution is 6.96. The van der Waals surface area contributed by atoms with Gasteiger partial charge in [-0.15, -0.1) is 0 Å². The van der Waals surface area contributed by atoms with Crippen LogP contribution < -0.4 is 0 Å². The Morgan fingerprint density at radius 2 is 1.46 bits per heavy atom. The largest absolute Gasteiger partial charge is 0.490 e. The molecule has 0 spiro atoms. The molecule has 0 aromatic rings. The van der Waals surface area contributed by atoms with Crippen molar-refractivity contribution in [3.63, 3.8) is 0 Å². The Hall–Kier alpha value is -0.995. The third kappa shape index (κ3) is 2.47. The van der Waals surface area contributed by atoms with Gasteiger partial charge in [0.15, 0.2) is 0 Å². The molecule has 13 heavy (non-hydrogen) atoms. The van der Waals surface area contributed by atoms with Crippen molar-refractivity contribution >= 4 is 18.9 Å². The molecular weight excluding hydrogens is 167 g/mol. The van der Waals surface area contributed by atoms with Crippen molar-refractivity contribution in [2.24, 2.45) is 9.98 Å². The lowest BCUT2D eigenvalue weighted by Crippen LogP contribution is -2.30. The van der Waals surface area contributed by atoms with Crippen molar-refractivity contribution in [2.75, 3.05) is 26.3 Å². The van der Waals surface area contributed by atoms with E-state index in [0.717, 1.165) is 50.7 Å². The zero-order valence-corrected chi connectivity index (χ0v) is 7.66. The minimum absolute atomic E-state index is 0.639.